The number of rotatable bonds is 5. The third-order valence-corrected chi connectivity index (χ3v) is 5.53. The van der Waals surface area contributed by atoms with Crippen molar-refractivity contribution in [3.63, 3.8) is 0 Å². The molecule has 3 rings (SSSR count). The predicted molar refractivity (Wildman–Crippen MR) is 108 cm³/mol. The monoisotopic (exact) mass is 433 g/mol. The molecule has 0 unspecified atom stereocenters. The molecule has 0 saturated heterocycles. The number of nitrogens with two attached hydrogens (primary N) is 1. The van der Waals surface area contributed by atoms with E-state index in [0.29, 0.717) is 0 Å². The van der Waals surface area contributed by atoms with Crippen LogP contribution in [0.5, 0.6) is 0 Å². The second-order valence-corrected chi connectivity index (χ2v) is 8.30. The minimum absolute atomic E-state index is 0.0983. The highest BCUT2D eigenvalue weighted by atomic mass is 35.5. The van der Waals surface area contributed by atoms with Crippen LogP contribution in [0.25, 0.3) is 0 Å². The molecule has 8 heteroatoms. The minimum Gasteiger partial charge on any atom is -0.289 e. The van der Waals surface area contributed by atoms with Crippen LogP contribution in [0.3, 0.4) is 0 Å². The fourth-order valence-corrected chi connectivity index (χ4v) is 3.55. The van der Waals surface area contributed by atoms with Gasteiger partial charge in [0.25, 0.3) is 0 Å². The number of hydrogen-bond donors (Lipinski definition) is 1. The van der Waals surface area contributed by atoms with Gasteiger partial charge in [-0.2, -0.15) is 0 Å². The van der Waals surface area contributed by atoms with E-state index in [4.69, 9.17) is 28.3 Å². The van der Waals surface area contributed by atoms with Gasteiger partial charge < -0.3 is 0 Å². The van der Waals surface area contributed by atoms with Gasteiger partial charge in [0.2, 0.25) is 10.0 Å². The van der Waals surface area contributed by atoms with Crippen LogP contribution in [-0.4, -0.2) is 20.0 Å². The van der Waals surface area contributed by atoms with Crippen LogP contribution in [-0.2, 0) is 10.0 Å². The number of sulfonamides is 1. The van der Waals surface area contributed by atoms with Crippen LogP contribution in [0.1, 0.15) is 31.8 Å². The smallest absolute Gasteiger partial charge is 0.238 e. The zero-order valence-electron chi connectivity index (χ0n) is 14.2. The number of hydrogen-bond acceptors (Lipinski definition) is 4. The molecule has 3 aromatic rings. The van der Waals surface area contributed by atoms with E-state index in [1.165, 1.54) is 42.5 Å². The van der Waals surface area contributed by atoms with E-state index >= 15 is 0 Å². The molecule has 0 aliphatic carbocycles. The lowest BCUT2D eigenvalue weighted by atomic mass is 9.93. The fourth-order valence-electron chi connectivity index (χ4n) is 2.64. The maximum Gasteiger partial charge on any atom is 0.238 e. The summed E-state index contributed by atoms with van der Waals surface area (Å²) >= 11 is 12.1. The van der Waals surface area contributed by atoms with Gasteiger partial charge in [-0.15, -0.1) is 0 Å². The van der Waals surface area contributed by atoms with E-state index in [1.807, 2.05) is 0 Å². The van der Waals surface area contributed by atoms with Crippen molar-refractivity contribution in [3.05, 3.63) is 99.0 Å². The van der Waals surface area contributed by atoms with Crippen molar-refractivity contribution in [2.45, 2.75) is 4.90 Å². The standard InChI is InChI=1S/C20H13Cl2NO4S/c21-13-7-10-15(17(11-13)20(25)16-3-1-2-4-18(16)22)19(24)12-5-8-14(9-6-12)28(23,26)27/h1-11H,(H2,23,26,27). The molecule has 0 amide bonds. The minimum atomic E-state index is -3.88. The molecule has 0 aromatic heterocycles. The number of carbonyl (C=O) groups is 2. The molecule has 0 bridgehead atoms. The molecule has 0 atom stereocenters. The van der Waals surface area contributed by atoms with E-state index in [1.54, 1.807) is 24.3 Å². The molecule has 0 aliphatic rings. The van der Waals surface area contributed by atoms with E-state index in [2.05, 4.69) is 0 Å². The molecule has 3 aromatic carbocycles. The van der Waals surface area contributed by atoms with Gasteiger partial charge in [-0.3, -0.25) is 9.59 Å². The highest BCUT2D eigenvalue weighted by Gasteiger charge is 2.22. The molecule has 2 N–H and O–H groups in total. The number of halogens is 2. The largest absolute Gasteiger partial charge is 0.289 e. The molecule has 28 heavy (non-hydrogen) atoms. The number of ketones is 2. The van der Waals surface area contributed by atoms with Crippen molar-refractivity contribution in [1.29, 1.82) is 0 Å². The van der Waals surface area contributed by atoms with Gasteiger partial charge in [-0.05, 0) is 54.6 Å². The van der Waals surface area contributed by atoms with Crippen molar-refractivity contribution in [2.24, 2.45) is 5.14 Å². The first-order chi connectivity index (χ1) is 13.2. The zero-order chi connectivity index (χ0) is 20.5. The molecule has 0 aliphatic heterocycles. The Labute approximate surface area is 171 Å². The third-order valence-electron chi connectivity index (χ3n) is 4.03. The molecule has 0 radical (unpaired) electrons. The molecule has 0 fully saturated rings. The number of benzene rings is 3. The zero-order valence-corrected chi connectivity index (χ0v) is 16.6. The lowest BCUT2D eigenvalue weighted by molar-refractivity contribution is 0.100. The van der Waals surface area contributed by atoms with E-state index < -0.39 is 21.6 Å². The Morgan fingerprint density at radius 1 is 0.750 bits per heavy atom. The SMILES string of the molecule is NS(=O)(=O)c1ccc(C(=O)c2ccc(Cl)cc2C(=O)c2ccccc2Cl)cc1. The van der Waals surface area contributed by atoms with Gasteiger partial charge in [0.05, 0.1) is 9.92 Å². The Hall–Kier alpha value is -2.51. The van der Waals surface area contributed by atoms with Crippen LogP contribution < -0.4 is 5.14 Å². The Morgan fingerprint density at radius 2 is 1.39 bits per heavy atom. The van der Waals surface area contributed by atoms with Gasteiger partial charge in [0.15, 0.2) is 11.6 Å². The van der Waals surface area contributed by atoms with Crippen molar-refractivity contribution < 1.29 is 18.0 Å². The van der Waals surface area contributed by atoms with Gasteiger partial charge in [-0.25, -0.2) is 13.6 Å². The van der Waals surface area contributed by atoms with Crippen molar-refractivity contribution >= 4 is 44.8 Å². The van der Waals surface area contributed by atoms with Crippen LogP contribution in [0.15, 0.2) is 71.6 Å². The summed E-state index contributed by atoms with van der Waals surface area (Å²) in [6.45, 7) is 0. The van der Waals surface area contributed by atoms with Gasteiger partial charge in [0, 0.05) is 27.3 Å². The maximum absolute atomic E-state index is 13.0. The predicted octanol–water partition coefficient (Wildman–Crippen LogP) is 4.10. The normalized spacial score (nSPS) is 11.2. The summed E-state index contributed by atoms with van der Waals surface area (Å²) in [5.74, 6) is -0.911. The van der Waals surface area contributed by atoms with Crippen molar-refractivity contribution in [1.82, 2.24) is 0 Å². The summed E-state index contributed by atoms with van der Waals surface area (Å²) in [6.07, 6.45) is 0. The Kier molecular flexibility index (Phi) is 5.67. The summed E-state index contributed by atoms with van der Waals surface area (Å²) in [6, 6.07) is 16.0. The summed E-state index contributed by atoms with van der Waals surface area (Å²) < 4.78 is 22.7. The fraction of sp³-hybridized carbons (Fsp3) is 0. The highest BCUT2D eigenvalue weighted by molar-refractivity contribution is 7.89. The first-order valence-electron chi connectivity index (χ1n) is 7.95. The van der Waals surface area contributed by atoms with E-state index in [9.17, 15) is 18.0 Å². The van der Waals surface area contributed by atoms with Gasteiger partial charge in [0.1, 0.15) is 0 Å². The molecule has 0 heterocycles. The third kappa shape index (κ3) is 4.15. The number of carbonyl (C=O) groups excluding carboxylic acids is 2. The van der Waals surface area contributed by atoms with Crippen LogP contribution in [0.2, 0.25) is 10.0 Å². The molecule has 0 saturated carbocycles. The summed E-state index contributed by atoms with van der Waals surface area (Å²) in [5.41, 5.74) is 0.659. The van der Waals surface area contributed by atoms with Crippen LogP contribution >= 0.6 is 23.2 Å². The summed E-state index contributed by atoms with van der Waals surface area (Å²) in [5, 5.41) is 5.61. The topological polar surface area (TPSA) is 94.3 Å². The highest BCUT2D eigenvalue weighted by Crippen LogP contribution is 2.25. The van der Waals surface area contributed by atoms with Crippen molar-refractivity contribution in [2.75, 3.05) is 0 Å². The molecule has 142 valence electrons. The maximum atomic E-state index is 13.0. The second kappa shape index (κ2) is 7.85. The number of primary sulfonamides is 1. The van der Waals surface area contributed by atoms with Crippen LogP contribution in [0, 0.1) is 0 Å². The Morgan fingerprint density at radius 3 is 2.00 bits per heavy atom. The molecule has 5 nitrogen and oxygen atoms in total. The Bertz CT molecular complexity index is 1190. The van der Waals surface area contributed by atoms with Gasteiger partial charge in [-0.1, -0.05) is 35.3 Å². The summed E-state index contributed by atoms with van der Waals surface area (Å²) in [4.78, 5) is 25.8. The quantitative estimate of drug-likeness (QED) is 0.612. The van der Waals surface area contributed by atoms with Crippen LogP contribution in [0.4, 0.5) is 0 Å². The first kappa shape index (κ1) is 20.2. The van der Waals surface area contributed by atoms with E-state index in [-0.39, 0.29) is 37.2 Å². The molecule has 0 spiro atoms. The first-order valence-corrected chi connectivity index (χ1v) is 10.2. The van der Waals surface area contributed by atoms with Crippen molar-refractivity contribution in [3.8, 4) is 0 Å². The summed E-state index contributed by atoms with van der Waals surface area (Å²) in [7, 11) is -3.88. The lowest BCUT2D eigenvalue weighted by Gasteiger charge is -2.10. The molecular formula is C20H13Cl2NO4S. The molecular weight excluding hydrogens is 421 g/mol. The average molecular weight is 434 g/mol. The second-order valence-electron chi connectivity index (χ2n) is 5.90. The average Bonchev–Trinajstić information content (AvgIpc) is 2.66. The van der Waals surface area contributed by atoms with Gasteiger partial charge >= 0.3 is 0 Å². The van der Waals surface area contributed by atoms with E-state index in [0.717, 1.165) is 0 Å². The lowest BCUT2D eigenvalue weighted by Crippen LogP contribution is -2.13. The Balaban J connectivity index is 2.07.